The van der Waals surface area contributed by atoms with E-state index < -0.39 is 0 Å². The zero-order valence-electron chi connectivity index (χ0n) is 16.7. The SMILES string of the molecule is COc1ccc(CN(C)C[C@H]2CCN(C)C2)cc1Cc1c(C)noc1C. The summed E-state index contributed by atoms with van der Waals surface area (Å²) in [6.07, 6.45) is 2.09. The smallest absolute Gasteiger partial charge is 0.137 e. The highest BCUT2D eigenvalue weighted by molar-refractivity contribution is 5.41. The van der Waals surface area contributed by atoms with Crippen molar-refractivity contribution in [3.63, 3.8) is 0 Å². The van der Waals surface area contributed by atoms with Crippen LogP contribution in [0.4, 0.5) is 0 Å². The van der Waals surface area contributed by atoms with Crippen LogP contribution in [-0.4, -0.2) is 55.8 Å². The Hall–Kier alpha value is -1.85. The minimum Gasteiger partial charge on any atom is -0.496 e. The number of aryl methyl sites for hydroxylation is 2. The Morgan fingerprint density at radius 3 is 2.77 bits per heavy atom. The molecule has 1 aliphatic heterocycles. The molecule has 1 fully saturated rings. The highest BCUT2D eigenvalue weighted by atomic mass is 16.5. The summed E-state index contributed by atoms with van der Waals surface area (Å²) in [5.41, 5.74) is 4.62. The van der Waals surface area contributed by atoms with E-state index in [2.05, 4.69) is 47.3 Å². The topological polar surface area (TPSA) is 41.7 Å². The molecule has 5 heteroatoms. The van der Waals surface area contributed by atoms with E-state index >= 15 is 0 Å². The van der Waals surface area contributed by atoms with Gasteiger partial charge < -0.3 is 19.1 Å². The van der Waals surface area contributed by atoms with Gasteiger partial charge in [-0.2, -0.15) is 0 Å². The highest BCUT2D eigenvalue weighted by Gasteiger charge is 2.21. The summed E-state index contributed by atoms with van der Waals surface area (Å²) >= 11 is 0. The van der Waals surface area contributed by atoms with Crippen LogP contribution in [0.1, 0.15) is 34.6 Å². The Morgan fingerprint density at radius 2 is 2.15 bits per heavy atom. The van der Waals surface area contributed by atoms with E-state index in [1.807, 2.05) is 13.8 Å². The first-order chi connectivity index (χ1) is 12.5. The number of aromatic nitrogens is 1. The molecule has 3 rings (SSSR count). The number of likely N-dealkylation sites (tertiary alicyclic amines) is 1. The maximum Gasteiger partial charge on any atom is 0.137 e. The molecule has 2 aromatic rings. The van der Waals surface area contributed by atoms with E-state index in [9.17, 15) is 0 Å². The quantitative estimate of drug-likeness (QED) is 0.761. The van der Waals surface area contributed by atoms with Crippen molar-refractivity contribution >= 4 is 0 Å². The number of hydrogen-bond donors (Lipinski definition) is 0. The molecule has 2 heterocycles. The maximum absolute atomic E-state index is 5.58. The molecular formula is C21H31N3O2. The summed E-state index contributed by atoms with van der Waals surface area (Å²) in [6, 6.07) is 6.52. The van der Waals surface area contributed by atoms with E-state index in [4.69, 9.17) is 9.26 Å². The molecular weight excluding hydrogens is 326 g/mol. The molecule has 0 N–H and O–H groups in total. The Labute approximate surface area is 156 Å². The Bertz CT molecular complexity index is 721. The average Bonchev–Trinajstić information content (AvgIpc) is 3.15. The number of hydrogen-bond acceptors (Lipinski definition) is 5. The third-order valence-electron chi connectivity index (χ3n) is 5.40. The van der Waals surface area contributed by atoms with Crippen LogP contribution in [0, 0.1) is 19.8 Å². The second-order valence-corrected chi connectivity index (χ2v) is 7.74. The number of ether oxygens (including phenoxy) is 1. The van der Waals surface area contributed by atoms with Gasteiger partial charge in [-0.25, -0.2) is 0 Å². The monoisotopic (exact) mass is 357 g/mol. The van der Waals surface area contributed by atoms with Crippen LogP contribution < -0.4 is 4.74 Å². The first-order valence-corrected chi connectivity index (χ1v) is 9.41. The minimum absolute atomic E-state index is 0.782. The van der Waals surface area contributed by atoms with Gasteiger partial charge in [-0.3, -0.25) is 0 Å². The van der Waals surface area contributed by atoms with Gasteiger partial charge in [0, 0.05) is 31.6 Å². The van der Waals surface area contributed by atoms with Crippen molar-refractivity contribution in [3.8, 4) is 5.75 Å². The second kappa shape index (κ2) is 8.23. The normalized spacial score (nSPS) is 18.0. The highest BCUT2D eigenvalue weighted by Crippen LogP contribution is 2.26. The molecule has 1 aromatic carbocycles. The van der Waals surface area contributed by atoms with Crippen LogP contribution in [-0.2, 0) is 13.0 Å². The van der Waals surface area contributed by atoms with Crippen molar-refractivity contribution < 1.29 is 9.26 Å². The molecule has 142 valence electrons. The number of nitrogens with zero attached hydrogens (tertiary/aromatic N) is 3. The largest absolute Gasteiger partial charge is 0.496 e. The van der Waals surface area contributed by atoms with Gasteiger partial charge in [0.2, 0.25) is 0 Å². The lowest BCUT2D eigenvalue weighted by atomic mass is 10.00. The summed E-state index contributed by atoms with van der Waals surface area (Å²) in [4.78, 5) is 4.86. The summed E-state index contributed by atoms with van der Waals surface area (Å²) in [7, 11) is 6.16. The Morgan fingerprint density at radius 1 is 1.35 bits per heavy atom. The summed E-state index contributed by atoms with van der Waals surface area (Å²) in [6.45, 7) is 8.51. The molecule has 1 atom stereocenters. The van der Waals surface area contributed by atoms with E-state index in [0.29, 0.717) is 0 Å². The third kappa shape index (κ3) is 4.46. The maximum atomic E-state index is 5.58. The van der Waals surface area contributed by atoms with Crippen LogP contribution in [0.25, 0.3) is 0 Å². The summed E-state index contributed by atoms with van der Waals surface area (Å²) in [5.74, 6) is 2.59. The fourth-order valence-electron chi connectivity index (χ4n) is 4.01. The second-order valence-electron chi connectivity index (χ2n) is 7.74. The van der Waals surface area contributed by atoms with Gasteiger partial charge in [0.1, 0.15) is 11.5 Å². The Balaban J connectivity index is 1.70. The van der Waals surface area contributed by atoms with Gasteiger partial charge in [-0.05, 0) is 64.0 Å². The van der Waals surface area contributed by atoms with Gasteiger partial charge in [0.25, 0.3) is 0 Å². The fourth-order valence-corrected chi connectivity index (χ4v) is 4.01. The lowest BCUT2D eigenvalue weighted by Gasteiger charge is -2.21. The molecule has 5 nitrogen and oxygen atoms in total. The number of rotatable bonds is 7. The van der Waals surface area contributed by atoms with Crippen LogP contribution in [0.5, 0.6) is 5.75 Å². The Kier molecular flexibility index (Phi) is 5.99. The first kappa shape index (κ1) is 18.9. The van der Waals surface area contributed by atoms with Gasteiger partial charge in [0.05, 0.1) is 12.8 Å². The van der Waals surface area contributed by atoms with Gasteiger partial charge in [-0.1, -0.05) is 17.3 Å². The standard InChI is InChI=1S/C21H31N3O2/c1-15-20(16(2)26-22-15)11-19-10-17(6-7-21(19)25-5)12-24(4)14-18-8-9-23(3)13-18/h6-7,10,18H,8-9,11-14H2,1-5H3/t18-/m0/s1. The predicted octanol–water partition coefficient (Wildman–Crippen LogP) is 3.27. The fraction of sp³-hybridized carbons (Fsp3) is 0.571. The minimum atomic E-state index is 0.782. The van der Waals surface area contributed by atoms with Crippen molar-refractivity contribution in [1.29, 1.82) is 0 Å². The van der Waals surface area contributed by atoms with E-state index in [-0.39, 0.29) is 0 Å². The molecule has 0 radical (unpaired) electrons. The average molecular weight is 357 g/mol. The van der Waals surface area contributed by atoms with Crippen molar-refractivity contribution in [3.05, 3.63) is 46.3 Å². The van der Waals surface area contributed by atoms with Crippen molar-refractivity contribution in [1.82, 2.24) is 15.0 Å². The molecule has 0 aliphatic carbocycles. The van der Waals surface area contributed by atoms with Crippen molar-refractivity contribution in [2.24, 2.45) is 5.92 Å². The molecule has 0 spiro atoms. The molecule has 0 bridgehead atoms. The molecule has 26 heavy (non-hydrogen) atoms. The van der Waals surface area contributed by atoms with Gasteiger partial charge in [-0.15, -0.1) is 0 Å². The summed E-state index contributed by atoms with van der Waals surface area (Å²) in [5, 5.41) is 4.07. The predicted molar refractivity (Wildman–Crippen MR) is 104 cm³/mol. The van der Waals surface area contributed by atoms with Gasteiger partial charge >= 0.3 is 0 Å². The molecule has 1 aliphatic rings. The van der Waals surface area contributed by atoms with Crippen LogP contribution >= 0.6 is 0 Å². The lowest BCUT2D eigenvalue weighted by Crippen LogP contribution is -2.27. The van der Waals surface area contributed by atoms with Crippen LogP contribution in [0.15, 0.2) is 22.7 Å². The molecule has 0 saturated carbocycles. The van der Waals surface area contributed by atoms with Crippen molar-refractivity contribution in [2.45, 2.75) is 33.2 Å². The van der Waals surface area contributed by atoms with E-state index in [1.165, 1.54) is 30.6 Å². The first-order valence-electron chi connectivity index (χ1n) is 9.41. The molecule has 0 unspecified atom stereocenters. The van der Waals surface area contributed by atoms with Gasteiger partial charge in [0.15, 0.2) is 0 Å². The van der Waals surface area contributed by atoms with E-state index in [0.717, 1.165) is 48.2 Å². The third-order valence-corrected chi connectivity index (χ3v) is 5.40. The zero-order valence-corrected chi connectivity index (χ0v) is 16.7. The molecule has 1 aromatic heterocycles. The summed E-state index contributed by atoms with van der Waals surface area (Å²) < 4.78 is 10.9. The molecule has 0 amide bonds. The zero-order chi connectivity index (χ0) is 18.7. The van der Waals surface area contributed by atoms with Crippen molar-refractivity contribution in [2.75, 3.05) is 40.8 Å². The molecule has 1 saturated heterocycles. The lowest BCUT2D eigenvalue weighted by molar-refractivity contribution is 0.267. The number of benzene rings is 1. The van der Waals surface area contributed by atoms with Crippen LogP contribution in [0.3, 0.4) is 0 Å². The number of methoxy groups -OCH3 is 1. The van der Waals surface area contributed by atoms with Crippen LogP contribution in [0.2, 0.25) is 0 Å². The van der Waals surface area contributed by atoms with E-state index in [1.54, 1.807) is 7.11 Å².